The van der Waals surface area contributed by atoms with E-state index in [-0.39, 0.29) is 17.9 Å². The second-order valence-electron chi connectivity index (χ2n) is 4.07. The van der Waals surface area contributed by atoms with E-state index in [0.717, 1.165) is 43.6 Å². The SMILES string of the molecule is NC1CCCCCC1C(=O)Nc1nnns1. The van der Waals surface area contributed by atoms with Crippen LogP contribution in [0.1, 0.15) is 32.1 Å². The van der Waals surface area contributed by atoms with Gasteiger partial charge in [-0.05, 0) is 18.1 Å². The average Bonchev–Trinajstić information content (AvgIpc) is 2.66. The van der Waals surface area contributed by atoms with Crippen LogP contribution in [0.3, 0.4) is 0 Å². The molecule has 0 spiro atoms. The van der Waals surface area contributed by atoms with Gasteiger partial charge in [-0.15, -0.1) is 0 Å². The maximum Gasteiger partial charge on any atom is 0.231 e. The second-order valence-corrected chi connectivity index (χ2v) is 4.80. The Morgan fingerprint density at radius 3 is 2.94 bits per heavy atom. The van der Waals surface area contributed by atoms with Crippen molar-refractivity contribution in [2.24, 2.45) is 11.7 Å². The highest BCUT2D eigenvalue weighted by atomic mass is 32.1. The summed E-state index contributed by atoms with van der Waals surface area (Å²) >= 11 is 1.08. The summed E-state index contributed by atoms with van der Waals surface area (Å²) in [4.78, 5) is 11.9. The Bertz CT molecular complexity index is 342. The summed E-state index contributed by atoms with van der Waals surface area (Å²) in [5.41, 5.74) is 6.00. The lowest BCUT2D eigenvalue weighted by molar-refractivity contribution is -0.120. The van der Waals surface area contributed by atoms with Crippen molar-refractivity contribution in [2.75, 3.05) is 5.32 Å². The van der Waals surface area contributed by atoms with Crippen molar-refractivity contribution in [3.05, 3.63) is 0 Å². The Labute approximate surface area is 97.8 Å². The van der Waals surface area contributed by atoms with Gasteiger partial charge in [0.25, 0.3) is 0 Å². The van der Waals surface area contributed by atoms with Gasteiger partial charge in [0.2, 0.25) is 11.0 Å². The van der Waals surface area contributed by atoms with Crippen LogP contribution in [0.15, 0.2) is 0 Å². The number of nitrogens with one attached hydrogen (secondary N) is 1. The van der Waals surface area contributed by atoms with Crippen molar-refractivity contribution in [1.29, 1.82) is 0 Å². The standard InChI is InChI=1S/C9H15N5OS/c10-7-5-3-1-2-4-6(7)8(15)11-9-12-13-14-16-9/h6-7H,1-5,10H2,(H,11,12,14,15). The predicted octanol–water partition coefficient (Wildman–Crippen LogP) is 0.779. The number of nitrogens with two attached hydrogens (primary N) is 1. The van der Waals surface area contributed by atoms with Gasteiger partial charge < -0.3 is 5.73 Å². The first-order valence-corrected chi connectivity index (χ1v) is 6.26. The molecule has 2 atom stereocenters. The minimum Gasteiger partial charge on any atom is -0.327 e. The van der Waals surface area contributed by atoms with E-state index in [0.29, 0.717) is 5.13 Å². The zero-order chi connectivity index (χ0) is 11.4. The molecule has 1 aromatic heterocycles. The van der Waals surface area contributed by atoms with E-state index >= 15 is 0 Å². The number of rotatable bonds is 2. The number of nitrogens with zero attached hydrogens (tertiary/aromatic N) is 3. The van der Waals surface area contributed by atoms with Crippen LogP contribution in [-0.2, 0) is 4.79 Å². The molecule has 1 aliphatic rings. The molecule has 3 N–H and O–H groups in total. The molecule has 1 aromatic rings. The first-order chi connectivity index (χ1) is 7.77. The first kappa shape index (κ1) is 11.4. The Morgan fingerprint density at radius 1 is 1.38 bits per heavy atom. The second kappa shape index (κ2) is 5.31. The molecule has 88 valence electrons. The maximum atomic E-state index is 11.9. The molecule has 2 rings (SSSR count). The minimum absolute atomic E-state index is 0.0385. The molecule has 0 aromatic carbocycles. The topological polar surface area (TPSA) is 93.8 Å². The highest BCUT2D eigenvalue weighted by molar-refractivity contribution is 7.09. The molecule has 1 aliphatic carbocycles. The van der Waals surface area contributed by atoms with Gasteiger partial charge in [0.05, 0.1) is 5.92 Å². The van der Waals surface area contributed by atoms with Gasteiger partial charge in [-0.3, -0.25) is 10.1 Å². The van der Waals surface area contributed by atoms with E-state index in [4.69, 9.17) is 5.73 Å². The smallest absolute Gasteiger partial charge is 0.231 e. The lowest BCUT2D eigenvalue weighted by atomic mass is 9.95. The van der Waals surface area contributed by atoms with Gasteiger partial charge in [-0.2, -0.15) is 0 Å². The van der Waals surface area contributed by atoms with Crippen LogP contribution >= 0.6 is 11.5 Å². The molecule has 2 unspecified atom stereocenters. The van der Waals surface area contributed by atoms with E-state index in [9.17, 15) is 4.79 Å². The molecule has 16 heavy (non-hydrogen) atoms. The maximum absolute atomic E-state index is 11.9. The number of hydrogen-bond acceptors (Lipinski definition) is 6. The molecule has 0 radical (unpaired) electrons. The minimum atomic E-state index is -0.105. The lowest BCUT2D eigenvalue weighted by Gasteiger charge is -2.19. The van der Waals surface area contributed by atoms with E-state index in [2.05, 4.69) is 20.1 Å². The average molecular weight is 241 g/mol. The highest BCUT2D eigenvalue weighted by Crippen LogP contribution is 2.23. The summed E-state index contributed by atoms with van der Waals surface area (Å²) in [5, 5.41) is 10.3. The Balaban J connectivity index is 1.97. The summed E-state index contributed by atoms with van der Waals surface area (Å²) in [6.07, 6.45) is 5.13. The van der Waals surface area contributed by atoms with Crippen LogP contribution in [0, 0.1) is 5.92 Å². The summed E-state index contributed by atoms with van der Waals surface area (Å²) in [7, 11) is 0. The summed E-state index contributed by atoms with van der Waals surface area (Å²) in [5.74, 6) is -0.153. The molecule has 6 nitrogen and oxygen atoms in total. The number of carbonyl (C=O) groups is 1. The van der Waals surface area contributed by atoms with Gasteiger partial charge in [0.15, 0.2) is 0 Å². The first-order valence-electron chi connectivity index (χ1n) is 5.49. The molecule has 7 heteroatoms. The zero-order valence-corrected chi connectivity index (χ0v) is 9.74. The molecule has 1 heterocycles. The summed E-state index contributed by atoms with van der Waals surface area (Å²) in [6, 6.07) is -0.0385. The van der Waals surface area contributed by atoms with E-state index < -0.39 is 0 Å². The molecule has 1 fully saturated rings. The van der Waals surface area contributed by atoms with Crippen molar-refractivity contribution in [3.8, 4) is 0 Å². The fourth-order valence-corrected chi connectivity index (χ4v) is 2.41. The zero-order valence-electron chi connectivity index (χ0n) is 8.93. The third-order valence-electron chi connectivity index (χ3n) is 2.94. The molecule has 1 amide bonds. The van der Waals surface area contributed by atoms with E-state index in [1.165, 1.54) is 0 Å². The van der Waals surface area contributed by atoms with Crippen molar-refractivity contribution in [1.82, 2.24) is 14.8 Å². The van der Waals surface area contributed by atoms with Gasteiger partial charge in [0.1, 0.15) is 0 Å². The van der Waals surface area contributed by atoms with E-state index in [1.54, 1.807) is 0 Å². The van der Waals surface area contributed by atoms with Gasteiger partial charge in [0, 0.05) is 17.6 Å². The van der Waals surface area contributed by atoms with Crippen LogP contribution in [0.4, 0.5) is 5.13 Å². The predicted molar refractivity (Wildman–Crippen MR) is 60.9 cm³/mol. The lowest BCUT2D eigenvalue weighted by Crippen LogP contribution is -2.37. The van der Waals surface area contributed by atoms with Crippen LogP contribution in [0.5, 0.6) is 0 Å². The molecule has 0 aliphatic heterocycles. The third kappa shape index (κ3) is 2.73. The van der Waals surface area contributed by atoms with Gasteiger partial charge >= 0.3 is 0 Å². The van der Waals surface area contributed by atoms with Crippen LogP contribution in [0.25, 0.3) is 0 Å². The summed E-state index contributed by atoms with van der Waals surface area (Å²) < 4.78 is 3.59. The number of anilines is 1. The Kier molecular flexibility index (Phi) is 3.79. The highest BCUT2D eigenvalue weighted by Gasteiger charge is 2.27. The van der Waals surface area contributed by atoms with Crippen molar-refractivity contribution >= 4 is 22.6 Å². The van der Waals surface area contributed by atoms with Crippen LogP contribution < -0.4 is 11.1 Å². The third-order valence-corrected chi connectivity index (χ3v) is 3.45. The Morgan fingerprint density at radius 2 is 2.19 bits per heavy atom. The number of amides is 1. The van der Waals surface area contributed by atoms with Gasteiger partial charge in [-0.25, -0.2) is 0 Å². The summed E-state index contributed by atoms with van der Waals surface area (Å²) in [6.45, 7) is 0. The van der Waals surface area contributed by atoms with E-state index in [1.807, 2.05) is 0 Å². The van der Waals surface area contributed by atoms with Crippen LogP contribution in [-0.4, -0.2) is 26.7 Å². The molecule has 1 saturated carbocycles. The van der Waals surface area contributed by atoms with Crippen molar-refractivity contribution in [2.45, 2.75) is 38.1 Å². The normalized spacial score (nSPS) is 26.1. The van der Waals surface area contributed by atoms with Crippen LogP contribution in [0.2, 0.25) is 0 Å². The number of hydrogen-bond donors (Lipinski definition) is 2. The van der Waals surface area contributed by atoms with Crippen molar-refractivity contribution < 1.29 is 4.79 Å². The fourth-order valence-electron chi connectivity index (χ4n) is 2.04. The number of carbonyl (C=O) groups excluding carboxylic acids is 1. The monoisotopic (exact) mass is 241 g/mol. The van der Waals surface area contributed by atoms with Gasteiger partial charge in [-0.1, -0.05) is 28.8 Å². The molecular formula is C9H15N5OS. The Hall–Kier alpha value is -1.08. The molecule has 0 bridgehead atoms. The van der Waals surface area contributed by atoms with Crippen molar-refractivity contribution in [3.63, 3.8) is 0 Å². The number of aromatic nitrogens is 3. The largest absolute Gasteiger partial charge is 0.327 e. The quantitative estimate of drug-likeness (QED) is 0.746. The molecular weight excluding hydrogens is 226 g/mol. The fraction of sp³-hybridized carbons (Fsp3) is 0.778. The molecule has 0 saturated heterocycles.